The molecule has 0 aromatic rings. The predicted molar refractivity (Wildman–Crippen MR) is 51.0 cm³/mol. The van der Waals surface area contributed by atoms with E-state index in [1.807, 2.05) is 6.92 Å². The second-order valence-corrected chi connectivity index (χ2v) is 4.03. The highest BCUT2D eigenvalue weighted by atomic mass is 16.7. The normalized spacial score (nSPS) is 39.0. The maximum absolute atomic E-state index is 5.55. The summed E-state index contributed by atoms with van der Waals surface area (Å²) in [6, 6.07) is 0. The smallest absolute Gasteiger partial charge is 0.272 e. The molecule has 2 rings (SSSR count). The highest BCUT2D eigenvalue weighted by Crippen LogP contribution is 2.38. The summed E-state index contributed by atoms with van der Waals surface area (Å²) in [4.78, 5) is 0. The molecular formula is C11H16O2. The zero-order valence-electron chi connectivity index (χ0n) is 8.08. The molecule has 1 aliphatic carbocycles. The van der Waals surface area contributed by atoms with Crippen LogP contribution in [0.5, 0.6) is 0 Å². The molecule has 0 radical (unpaired) electrons. The van der Waals surface area contributed by atoms with Gasteiger partial charge in [-0.2, -0.15) is 0 Å². The monoisotopic (exact) mass is 180 g/mol. The van der Waals surface area contributed by atoms with Gasteiger partial charge in [-0.15, -0.1) is 0 Å². The molecule has 0 amide bonds. The van der Waals surface area contributed by atoms with Crippen LogP contribution in [0.2, 0.25) is 0 Å². The molecule has 2 aliphatic rings. The summed E-state index contributed by atoms with van der Waals surface area (Å²) in [7, 11) is 0. The first-order valence-corrected chi connectivity index (χ1v) is 4.85. The molecular weight excluding hydrogens is 164 g/mol. The van der Waals surface area contributed by atoms with Crippen LogP contribution in [0.4, 0.5) is 0 Å². The fourth-order valence-corrected chi connectivity index (χ4v) is 2.27. The Kier molecular flexibility index (Phi) is 2.06. The van der Waals surface area contributed by atoms with Crippen LogP contribution < -0.4 is 0 Å². The molecule has 1 heterocycles. The molecule has 0 spiro atoms. The van der Waals surface area contributed by atoms with E-state index in [4.69, 9.17) is 9.47 Å². The first-order valence-electron chi connectivity index (χ1n) is 4.85. The Morgan fingerprint density at radius 1 is 1.31 bits per heavy atom. The number of hydrogen-bond donors (Lipinski definition) is 0. The number of ether oxygens (including phenoxy) is 2. The Morgan fingerprint density at radius 2 is 2.08 bits per heavy atom. The maximum atomic E-state index is 5.55. The lowest BCUT2D eigenvalue weighted by Crippen LogP contribution is -2.26. The van der Waals surface area contributed by atoms with E-state index in [9.17, 15) is 0 Å². The van der Waals surface area contributed by atoms with Crippen LogP contribution >= 0.6 is 0 Å². The van der Waals surface area contributed by atoms with Gasteiger partial charge in [-0.3, -0.25) is 0 Å². The molecule has 0 N–H and O–H groups in total. The minimum absolute atomic E-state index is 0.156. The van der Waals surface area contributed by atoms with Gasteiger partial charge >= 0.3 is 0 Å². The highest BCUT2D eigenvalue weighted by molar-refractivity contribution is 5.06. The van der Waals surface area contributed by atoms with Crippen LogP contribution in [-0.4, -0.2) is 12.2 Å². The van der Waals surface area contributed by atoms with Crippen molar-refractivity contribution in [2.45, 2.75) is 38.4 Å². The van der Waals surface area contributed by atoms with Crippen molar-refractivity contribution in [1.82, 2.24) is 0 Å². The van der Waals surface area contributed by atoms with Gasteiger partial charge in [0, 0.05) is 5.92 Å². The standard InChI is InChI=1S/C11H16O2/c1-7-4-5-10(6-7)11-8(2)12-9(3)13-11/h8,10-11H,1,3-6H2,2H3. The summed E-state index contributed by atoms with van der Waals surface area (Å²) < 4.78 is 10.9. The molecule has 0 aromatic heterocycles. The van der Waals surface area contributed by atoms with Crippen LogP contribution in [0.1, 0.15) is 26.2 Å². The van der Waals surface area contributed by atoms with Gasteiger partial charge in [0.05, 0.1) is 0 Å². The van der Waals surface area contributed by atoms with Crippen LogP contribution in [0.15, 0.2) is 24.7 Å². The Morgan fingerprint density at radius 3 is 2.54 bits per heavy atom. The Labute approximate surface area is 79.2 Å². The van der Waals surface area contributed by atoms with E-state index in [1.54, 1.807) is 0 Å². The molecule has 1 aliphatic heterocycles. The molecule has 0 aromatic carbocycles. The Bertz CT molecular complexity index is 244. The van der Waals surface area contributed by atoms with Crippen molar-refractivity contribution in [2.24, 2.45) is 5.92 Å². The first-order chi connectivity index (χ1) is 6.16. The van der Waals surface area contributed by atoms with Gasteiger partial charge in [-0.1, -0.05) is 12.2 Å². The Balaban J connectivity index is 2.01. The van der Waals surface area contributed by atoms with E-state index >= 15 is 0 Å². The third kappa shape index (κ3) is 1.58. The minimum Gasteiger partial charge on any atom is -0.459 e. The van der Waals surface area contributed by atoms with Crippen molar-refractivity contribution < 1.29 is 9.47 Å². The molecule has 13 heavy (non-hydrogen) atoms. The fourth-order valence-electron chi connectivity index (χ4n) is 2.27. The average Bonchev–Trinajstić information content (AvgIpc) is 2.58. The average molecular weight is 180 g/mol. The lowest BCUT2D eigenvalue weighted by molar-refractivity contribution is 0.0985. The highest BCUT2D eigenvalue weighted by Gasteiger charge is 2.38. The molecule has 1 saturated heterocycles. The zero-order chi connectivity index (χ0) is 9.42. The molecule has 2 heteroatoms. The summed E-state index contributed by atoms with van der Waals surface area (Å²) >= 11 is 0. The van der Waals surface area contributed by atoms with E-state index in [0.717, 1.165) is 12.8 Å². The second kappa shape index (κ2) is 3.09. The van der Waals surface area contributed by atoms with Gasteiger partial charge in [0.25, 0.3) is 5.95 Å². The summed E-state index contributed by atoms with van der Waals surface area (Å²) in [6.45, 7) is 9.73. The second-order valence-electron chi connectivity index (χ2n) is 4.03. The quantitative estimate of drug-likeness (QED) is 0.577. The number of rotatable bonds is 1. The SMILES string of the molecule is C=C1CCC(C2OC(=C)OC2C)C1. The van der Waals surface area contributed by atoms with Gasteiger partial charge in [0.2, 0.25) is 0 Å². The topological polar surface area (TPSA) is 18.5 Å². The van der Waals surface area contributed by atoms with Crippen molar-refractivity contribution >= 4 is 0 Å². The maximum Gasteiger partial charge on any atom is 0.272 e. The van der Waals surface area contributed by atoms with Crippen LogP contribution in [-0.2, 0) is 9.47 Å². The third-order valence-corrected chi connectivity index (χ3v) is 2.93. The molecule has 2 fully saturated rings. The molecule has 72 valence electrons. The summed E-state index contributed by atoms with van der Waals surface area (Å²) in [5.41, 5.74) is 1.35. The van der Waals surface area contributed by atoms with E-state index in [1.165, 1.54) is 12.0 Å². The van der Waals surface area contributed by atoms with Crippen molar-refractivity contribution in [1.29, 1.82) is 0 Å². The van der Waals surface area contributed by atoms with Crippen molar-refractivity contribution in [3.05, 3.63) is 24.7 Å². The van der Waals surface area contributed by atoms with Gasteiger partial charge in [-0.25, -0.2) is 0 Å². The molecule has 2 nitrogen and oxygen atoms in total. The van der Waals surface area contributed by atoms with E-state index < -0.39 is 0 Å². The first kappa shape index (κ1) is 8.67. The summed E-state index contributed by atoms with van der Waals surface area (Å²) in [5, 5.41) is 0. The van der Waals surface area contributed by atoms with Gasteiger partial charge < -0.3 is 9.47 Å². The third-order valence-electron chi connectivity index (χ3n) is 2.93. The molecule has 3 atom stereocenters. The van der Waals surface area contributed by atoms with Crippen molar-refractivity contribution in [2.75, 3.05) is 0 Å². The van der Waals surface area contributed by atoms with Gasteiger partial charge in [0.1, 0.15) is 12.2 Å². The minimum atomic E-state index is 0.156. The van der Waals surface area contributed by atoms with E-state index in [-0.39, 0.29) is 12.2 Å². The fraction of sp³-hybridized carbons (Fsp3) is 0.636. The summed E-state index contributed by atoms with van der Waals surface area (Å²) in [5.74, 6) is 1.07. The predicted octanol–water partition coefficient (Wildman–Crippen LogP) is 2.62. The largest absolute Gasteiger partial charge is 0.459 e. The molecule has 1 saturated carbocycles. The molecule has 3 unspecified atom stereocenters. The van der Waals surface area contributed by atoms with Crippen molar-refractivity contribution in [3.8, 4) is 0 Å². The lowest BCUT2D eigenvalue weighted by Gasteiger charge is -2.18. The number of allylic oxidation sites excluding steroid dienone is 1. The van der Waals surface area contributed by atoms with Crippen LogP contribution in [0.25, 0.3) is 0 Å². The van der Waals surface area contributed by atoms with Gasteiger partial charge in [-0.05, 0) is 32.8 Å². The van der Waals surface area contributed by atoms with Crippen LogP contribution in [0, 0.1) is 5.92 Å². The van der Waals surface area contributed by atoms with Crippen molar-refractivity contribution in [3.63, 3.8) is 0 Å². The van der Waals surface area contributed by atoms with E-state index in [2.05, 4.69) is 13.2 Å². The van der Waals surface area contributed by atoms with Gasteiger partial charge in [0.15, 0.2) is 0 Å². The number of hydrogen-bond acceptors (Lipinski definition) is 2. The zero-order valence-corrected chi connectivity index (χ0v) is 8.08. The Hall–Kier alpha value is -0.920. The van der Waals surface area contributed by atoms with Crippen LogP contribution in [0.3, 0.4) is 0 Å². The lowest BCUT2D eigenvalue weighted by atomic mass is 9.97. The molecule has 0 bridgehead atoms. The summed E-state index contributed by atoms with van der Waals surface area (Å²) in [6.07, 6.45) is 3.77. The van der Waals surface area contributed by atoms with E-state index in [0.29, 0.717) is 11.9 Å².